The molecule has 0 bridgehead atoms. The Balaban J connectivity index is 1.23. The van der Waals surface area contributed by atoms with Crippen LogP contribution in [0.25, 0.3) is 0 Å². The molecule has 1 spiro atoms. The van der Waals surface area contributed by atoms with Crippen LogP contribution in [0.2, 0.25) is 0 Å². The molecular formula is C30H48N4O5. The van der Waals surface area contributed by atoms with Crippen molar-refractivity contribution >= 4 is 6.09 Å². The minimum atomic E-state index is -0.429. The van der Waals surface area contributed by atoms with E-state index in [2.05, 4.69) is 73.7 Å². The molecule has 3 aliphatic heterocycles. The zero-order valence-corrected chi connectivity index (χ0v) is 24.8. The summed E-state index contributed by atoms with van der Waals surface area (Å²) < 4.78 is 26.6. The summed E-state index contributed by atoms with van der Waals surface area (Å²) in [5.41, 5.74) is 1.55. The molecule has 1 aromatic rings. The largest absolute Gasteiger partial charge is 0.443 e. The Labute approximate surface area is 233 Å². The third kappa shape index (κ3) is 6.06. The Kier molecular flexibility index (Phi) is 8.17. The summed E-state index contributed by atoms with van der Waals surface area (Å²) >= 11 is 0. The van der Waals surface area contributed by atoms with Crippen molar-refractivity contribution in [2.45, 2.75) is 102 Å². The molecule has 1 N–H and O–H groups in total. The molecule has 1 aliphatic carbocycles. The van der Waals surface area contributed by atoms with E-state index in [1.54, 1.807) is 7.11 Å². The number of alkyl carbamates (subject to hydrolysis) is 1. The van der Waals surface area contributed by atoms with Gasteiger partial charge in [0.1, 0.15) is 23.4 Å². The molecule has 4 fully saturated rings. The highest BCUT2D eigenvalue weighted by molar-refractivity contribution is 5.68. The Hall–Kier alpha value is -1.94. The van der Waals surface area contributed by atoms with Gasteiger partial charge in [-0.1, -0.05) is 25.5 Å². The van der Waals surface area contributed by atoms with E-state index in [1.165, 1.54) is 12.0 Å². The highest BCUT2D eigenvalue weighted by Crippen LogP contribution is 2.59. The molecule has 9 heteroatoms. The number of allylic oxidation sites excluding steroid dienone is 1. The van der Waals surface area contributed by atoms with Crippen molar-refractivity contribution in [1.29, 1.82) is 0 Å². The van der Waals surface area contributed by atoms with Crippen molar-refractivity contribution in [2.75, 3.05) is 33.9 Å². The van der Waals surface area contributed by atoms with Gasteiger partial charge < -0.3 is 33.7 Å². The van der Waals surface area contributed by atoms with Crippen molar-refractivity contribution in [1.82, 2.24) is 19.8 Å². The van der Waals surface area contributed by atoms with E-state index in [9.17, 15) is 4.79 Å². The quantitative estimate of drug-likeness (QED) is 0.346. The molecule has 0 radical (unpaired) electrons. The average Bonchev–Trinajstić information content (AvgIpc) is 3.66. The number of carbonyl (C=O) groups is 1. The highest BCUT2D eigenvalue weighted by atomic mass is 16.6. The van der Waals surface area contributed by atoms with Crippen LogP contribution in [-0.4, -0.2) is 83.9 Å². The number of ether oxygens (including phenoxy) is 4. The van der Waals surface area contributed by atoms with Gasteiger partial charge in [-0.25, -0.2) is 9.78 Å². The van der Waals surface area contributed by atoms with E-state index >= 15 is 0 Å². The van der Waals surface area contributed by atoms with Crippen LogP contribution in [0, 0.1) is 17.8 Å². The first kappa shape index (κ1) is 28.6. The number of rotatable bonds is 10. The number of hydrogen-bond acceptors (Lipinski definition) is 7. The van der Waals surface area contributed by atoms with Gasteiger partial charge in [0.15, 0.2) is 0 Å². The number of methoxy groups -OCH3 is 1. The van der Waals surface area contributed by atoms with E-state index in [1.807, 2.05) is 6.33 Å². The van der Waals surface area contributed by atoms with Crippen LogP contribution in [0.1, 0.15) is 72.0 Å². The number of nitrogens with one attached hydrogen (secondary N) is 1. The molecule has 5 rings (SSSR count). The summed E-state index contributed by atoms with van der Waals surface area (Å²) in [6.07, 6.45) is 8.82. The van der Waals surface area contributed by atoms with Crippen molar-refractivity contribution in [2.24, 2.45) is 17.8 Å². The van der Waals surface area contributed by atoms with Crippen LogP contribution >= 0.6 is 0 Å². The normalized spacial score (nSPS) is 36.7. The summed E-state index contributed by atoms with van der Waals surface area (Å²) in [5.74, 6) is 0.798. The third-order valence-electron chi connectivity index (χ3n) is 9.37. The van der Waals surface area contributed by atoms with Gasteiger partial charge in [0.25, 0.3) is 0 Å². The van der Waals surface area contributed by atoms with Crippen LogP contribution in [-0.2, 0) is 25.5 Å². The average molecular weight is 545 g/mol. The van der Waals surface area contributed by atoms with Gasteiger partial charge in [-0.3, -0.25) is 0 Å². The van der Waals surface area contributed by atoms with Gasteiger partial charge in [-0.05, 0) is 71.9 Å². The van der Waals surface area contributed by atoms with Gasteiger partial charge in [0.2, 0.25) is 0 Å². The number of aromatic nitrogens is 2. The summed E-state index contributed by atoms with van der Waals surface area (Å²) in [4.78, 5) is 20.3. The second-order valence-electron chi connectivity index (χ2n) is 13.1. The Bertz CT molecular complexity index is 1050. The molecule has 4 aliphatic rings. The first-order valence-electron chi connectivity index (χ1n) is 14.7. The standard InChI is InChI=1S/C30H48N4O5/c1-19(2)8-9-24-29(5,39-24)27-26(36-7)23(10-12-30(27)17-37-30)38-28(35)32-25(20(3)4)22-16-34(18-31-22)15-21-11-13-33(6)14-21/h8,16,18,20-21,23-27H,9-15,17H2,1-7H3,(H,32,35)/t21-,23+,24+,25-,26+,27+,29-,30-/m0/s1. The monoisotopic (exact) mass is 544 g/mol. The number of hydrogen-bond donors (Lipinski definition) is 1. The van der Waals surface area contributed by atoms with Gasteiger partial charge in [0, 0.05) is 26.4 Å². The lowest BCUT2D eigenvalue weighted by atomic mass is 9.68. The third-order valence-corrected chi connectivity index (χ3v) is 9.37. The summed E-state index contributed by atoms with van der Waals surface area (Å²) in [7, 11) is 3.88. The number of likely N-dealkylation sites (tertiary alicyclic amines) is 1. The summed E-state index contributed by atoms with van der Waals surface area (Å²) in [6.45, 7) is 14.5. The van der Waals surface area contributed by atoms with E-state index in [0.717, 1.165) is 38.2 Å². The SMILES string of the molecule is CO[C@@H]1[C@H](OC(=O)N[C@H](c2cn(C[C@H]3CCN(C)C3)cn2)C(C)C)CC[C@]2(CO2)[C@H]1[C@@]1(C)O[C@@H]1CC=C(C)C. The maximum Gasteiger partial charge on any atom is 0.408 e. The van der Waals surface area contributed by atoms with Crippen LogP contribution in [0.15, 0.2) is 24.2 Å². The van der Waals surface area contributed by atoms with Gasteiger partial charge in [-0.2, -0.15) is 0 Å². The van der Waals surface area contributed by atoms with Gasteiger partial charge >= 0.3 is 6.09 Å². The number of epoxide rings is 2. The smallest absolute Gasteiger partial charge is 0.408 e. The van der Waals surface area contributed by atoms with Crippen LogP contribution < -0.4 is 5.32 Å². The highest BCUT2D eigenvalue weighted by Gasteiger charge is 2.72. The first-order valence-corrected chi connectivity index (χ1v) is 14.7. The number of amides is 1. The fraction of sp³-hybridized carbons (Fsp3) is 0.800. The minimum absolute atomic E-state index is 0.00309. The van der Waals surface area contributed by atoms with Crippen molar-refractivity contribution < 1.29 is 23.7 Å². The molecular weight excluding hydrogens is 496 g/mol. The number of imidazole rings is 1. The molecule has 3 saturated heterocycles. The predicted octanol–water partition coefficient (Wildman–Crippen LogP) is 4.33. The molecule has 1 aromatic heterocycles. The molecule has 4 heterocycles. The topological polar surface area (TPSA) is 93.7 Å². The summed E-state index contributed by atoms with van der Waals surface area (Å²) in [6, 6.07) is -0.235. The van der Waals surface area contributed by atoms with Crippen LogP contribution in [0.4, 0.5) is 4.79 Å². The Morgan fingerprint density at radius 2 is 2.10 bits per heavy atom. The molecule has 218 valence electrons. The molecule has 9 nitrogen and oxygen atoms in total. The van der Waals surface area contributed by atoms with E-state index in [-0.39, 0.29) is 47.4 Å². The lowest BCUT2D eigenvalue weighted by Crippen LogP contribution is -2.56. The molecule has 1 amide bonds. The molecule has 0 unspecified atom stereocenters. The van der Waals surface area contributed by atoms with Gasteiger partial charge in [0.05, 0.1) is 36.7 Å². The molecule has 0 aromatic carbocycles. The lowest BCUT2D eigenvalue weighted by Gasteiger charge is -2.42. The molecule has 1 saturated carbocycles. The van der Waals surface area contributed by atoms with Crippen molar-refractivity contribution in [3.63, 3.8) is 0 Å². The molecule has 8 atom stereocenters. The van der Waals surface area contributed by atoms with E-state index in [0.29, 0.717) is 18.9 Å². The second kappa shape index (κ2) is 11.1. The first-order chi connectivity index (χ1) is 18.5. The van der Waals surface area contributed by atoms with Gasteiger partial charge in [-0.15, -0.1) is 0 Å². The van der Waals surface area contributed by atoms with E-state index in [4.69, 9.17) is 18.9 Å². The molecule has 39 heavy (non-hydrogen) atoms. The fourth-order valence-corrected chi connectivity index (χ4v) is 7.06. The van der Waals surface area contributed by atoms with Crippen LogP contribution in [0.5, 0.6) is 0 Å². The fourth-order valence-electron chi connectivity index (χ4n) is 7.06. The predicted molar refractivity (Wildman–Crippen MR) is 148 cm³/mol. The second-order valence-corrected chi connectivity index (χ2v) is 13.1. The zero-order valence-electron chi connectivity index (χ0n) is 24.8. The lowest BCUT2D eigenvalue weighted by molar-refractivity contribution is -0.118. The zero-order chi connectivity index (χ0) is 27.9. The maximum atomic E-state index is 13.3. The van der Waals surface area contributed by atoms with Crippen LogP contribution in [0.3, 0.4) is 0 Å². The minimum Gasteiger partial charge on any atom is -0.443 e. The van der Waals surface area contributed by atoms with Crippen molar-refractivity contribution in [3.8, 4) is 0 Å². The Morgan fingerprint density at radius 3 is 2.72 bits per heavy atom. The maximum absolute atomic E-state index is 13.3. The number of carbonyl (C=O) groups excluding carboxylic acids is 1. The van der Waals surface area contributed by atoms with Crippen molar-refractivity contribution in [3.05, 3.63) is 29.9 Å². The number of nitrogens with zero attached hydrogens (tertiary/aromatic N) is 3. The van der Waals surface area contributed by atoms with E-state index < -0.39 is 6.09 Å². The summed E-state index contributed by atoms with van der Waals surface area (Å²) in [5, 5.41) is 3.11. The Morgan fingerprint density at radius 1 is 1.33 bits per heavy atom.